The van der Waals surface area contributed by atoms with Crippen LogP contribution in [0, 0.1) is 21.7 Å². The van der Waals surface area contributed by atoms with Crippen molar-refractivity contribution in [2.75, 3.05) is 0 Å². The Kier molecular flexibility index (Phi) is 14.6. The fraction of sp³-hybridized carbons (Fsp3) is 0.571. The van der Waals surface area contributed by atoms with Gasteiger partial charge in [0.1, 0.15) is 0 Å². The molecule has 4 rings (SSSR count). The van der Waals surface area contributed by atoms with Gasteiger partial charge in [0.25, 0.3) is 0 Å². The van der Waals surface area contributed by atoms with E-state index in [1.165, 1.54) is 43.0 Å². The minimum atomic E-state index is -2.28. The summed E-state index contributed by atoms with van der Waals surface area (Å²) in [5, 5.41) is 5.50. The van der Waals surface area contributed by atoms with Gasteiger partial charge in [0.05, 0.1) is 0 Å². The van der Waals surface area contributed by atoms with Crippen molar-refractivity contribution in [3.05, 3.63) is 119 Å². The highest BCUT2D eigenvalue weighted by atomic mass is 28.4. The molecule has 0 aliphatic rings. The first-order valence-electron chi connectivity index (χ1n) is 22.7. The second kappa shape index (κ2) is 17.6. The highest BCUT2D eigenvalue weighted by molar-refractivity contribution is 6.91. The number of hydrogen-bond donors (Lipinski definition) is 0. The van der Waals surface area contributed by atoms with Gasteiger partial charge in [-0.05, 0) is 112 Å². The molecule has 1 nitrogen and oxygen atoms in total. The van der Waals surface area contributed by atoms with Crippen LogP contribution in [0.3, 0.4) is 0 Å². The highest BCUT2D eigenvalue weighted by Crippen LogP contribution is 2.39. The Hall–Kier alpha value is -2.73. The topological polar surface area (TPSA) is 9.23 Å². The van der Waals surface area contributed by atoms with Crippen LogP contribution < -0.4 is 20.7 Å². The molecule has 0 aromatic heterocycles. The molecule has 59 heavy (non-hydrogen) atoms. The second-order valence-corrected chi connectivity index (χ2v) is 31.2. The molecule has 0 heterocycles. The van der Waals surface area contributed by atoms with E-state index >= 15 is 0 Å². The molecule has 0 atom stereocenters. The Balaban J connectivity index is 2.02. The molecule has 0 aliphatic heterocycles. The summed E-state index contributed by atoms with van der Waals surface area (Å²) in [5.41, 5.74) is 6.61. The van der Waals surface area contributed by atoms with Crippen LogP contribution in [0.2, 0.25) is 0 Å². The molecule has 0 spiro atoms. The first-order valence-corrected chi connectivity index (χ1v) is 26.0. The van der Waals surface area contributed by atoms with Gasteiger partial charge in [-0.1, -0.05) is 236 Å². The SMILES string of the molecule is CC(C)(C)CC(C)(C)c1cccc([SiH](O[SiH](c2cccc(C(C)(C)CC(C)(C)C)c2)c2cccc(C(C)(C)CC(C)(C)C)c2)c2cccc(C(C)(C)CC(C)(C)C)c2)c1. The van der Waals surface area contributed by atoms with Crippen molar-refractivity contribution >= 4 is 38.8 Å². The summed E-state index contributed by atoms with van der Waals surface area (Å²) >= 11 is 0. The molecule has 4 aromatic rings. The lowest BCUT2D eigenvalue weighted by Crippen LogP contribution is -2.56. The zero-order valence-corrected chi connectivity index (χ0v) is 43.9. The average molecular weight is 831 g/mol. The maximum absolute atomic E-state index is 8.15. The summed E-state index contributed by atoms with van der Waals surface area (Å²) in [6, 6.07) is 38.4. The van der Waals surface area contributed by atoms with Crippen LogP contribution in [0.5, 0.6) is 0 Å². The Labute approximate surface area is 368 Å². The second-order valence-electron chi connectivity index (χ2n) is 25.9. The third-order valence-corrected chi connectivity index (χ3v) is 18.1. The average Bonchev–Trinajstić information content (AvgIpc) is 3.05. The van der Waals surface area contributed by atoms with Gasteiger partial charge in [-0.15, -0.1) is 0 Å². The molecule has 0 saturated heterocycles. The summed E-state index contributed by atoms with van der Waals surface area (Å²) in [6.07, 6.45) is 4.44. The van der Waals surface area contributed by atoms with Crippen molar-refractivity contribution in [2.45, 2.75) is 186 Å². The van der Waals surface area contributed by atoms with E-state index in [2.05, 4.69) is 236 Å². The molecule has 3 heteroatoms. The van der Waals surface area contributed by atoms with Crippen LogP contribution in [-0.2, 0) is 25.8 Å². The minimum absolute atomic E-state index is 0.0283. The molecule has 4 aromatic carbocycles. The number of benzene rings is 4. The maximum Gasteiger partial charge on any atom is 0.228 e. The van der Waals surface area contributed by atoms with Crippen LogP contribution in [0.1, 0.15) is 186 Å². The van der Waals surface area contributed by atoms with E-state index in [9.17, 15) is 0 Å². The van der Waals surface area contributed by atoms with Crippen molar-refractivity contribution in [3.8, 4) is 0 Å². The van der Waals surface area contributed by atoms with Gasteiger partial charge in [0.15, 0.2) is 0 Å². The Morgan fingerprint density at radius 2 is 0.492 bits per heavy atom. The summed E-state index contributed by atoms with van der Waals surface area (Å²) < 4.78 is 8.15. The van der Waals surface area contributed by atoms with Gasteiger partial charge in [0.2, 0.25) is 18.1 Å². The van der Waals surface area contributed by atoms with Crippen LogP contribution in [-0.4, -0.2) is 18.1 Å². The molecular formula is C56H86OSi2. The predicted molar refractivity (Wildman–Crippen MR) is 268 cm³/mol. The van der Waals surface area contributed by atoms with Gasteiger partial charge in [-0.3, -0.25) is 0 Å². The molecular weight excluding hydrogens is 745 g/mol. The van der Waals surface area contributed by atoms with Crippen molar-refractivity contribution in [3.63, 3.8) is 0 Å². The van der Waals surface area contributed by atoms with Crippen molar-refractivity contribution < 1.29 is 4.12 Å². The highest BCUT2D eigenvalue weighted by Gasteiger charge is 2.35. The van der Waals surface area contributed by atoms with Crippen molar-refractivity contribution in [2.24, 2.45) is 21.7 Å². The normalized spacial score (nSPS) is 14.1. The van der Waals surface area contributed by atoms with Crippen molar-refractivity contribution in [1.29, 1.82) is 0 Å². The van der Waals surface area contributed by atoms with E-state index in [0.717, 1.165) is 25.7 Å². The maximum atomic E-state index is 8.15. The fourth-order valence-corrected chi connectivity index (χ4v) is 17.9. The summed E-state index contributed by atoms with van der Waals surface area (Å²) in [6.45, 7) is 47.9. The number of rotatable bonds is 14. The van der Waals surface area contributed by atoms with Gasteiger partial charge in [0, 0.05) is 0 Å². The molecule has 0 amide bonds. The van der Waals surface area contributed by atoms with E-state index in [4.69, 9.17) is 4.12 Å². The molecule has 0 N–H and O–H groups in total. The lowest BCUT2D eigenvalue weighted by molar-refractivity contribution is 0.283. The lowest BCUT2D eigenvalue weighted by atomic mass is 9.72. The predicted octanol–water partition coefficient (Wildman–Crippen LogP) is 12.9. The first-order chi connectivity index (χ1) is 26.7. The monoisotopic (exact) mass is 831 g/mol. The fourth-order valence-electron chi connectivity index (χ4n) is 11.0. The van der Waals surface area contributed by atoms with Gasteiger partial charge >= 0.3 is 0 Å². The molecule has 0 aliphatic carbocycles. The molecule has 0 unspecified atom stereocenters. The van der Waals surface area contributed by atoms with Crippen molar-refractivity contribution in [1.82, 2.24) is 0 Å². The first kappa shape index (κ1) is 48.9. The standard InChI is InChI=1S/C56H86OSi2/c1-49(2,3)37-53(13,14)41-25-21-29-45(33-41)58(46-30-22-26-42(34-46)54(15,16)38-50(4,5)6)57-59(47-31-23-27-43(35-47)55(17,18)39-51(7,8)9)48-32-24-28-44(36-48)56(19,20)40-52(10,11)12/h21-36,58-59H,37-40H2,1-20H3. The molecule has 324 valence electrons. The zero-order chi connectivity index (χ0) is 44.6. The van der Waals surface area contributed by atoms with Crippen LogP contribution in [0.25, 0.3) is 0 Å². The van der Waals surface area contributed by atoms with E-state index in [1.54, 1.807) is 0 Å². The van der Waals surface area contributed by atoms with Crippen LogP contribution in [0.15, 0.2) is 97.1 Å². The quantitative estimate of drug-likeness (QED) is 0.115. The minimum Gasteiger partial charge on any atom is -0.446 e. The Morgan fingerprint density at radius 3 is 0.661 bits per heavy atom. The van der Waals surface area contributed by atoms with E-state index in [0.29, 0.717) is 0 Å². The van der Waals surface area contributed by atoms with Gasteiger partial charge in [-0.25, -0.2) is 0 Å². The van der Waals surface area contributed by atoms with E-state index in [1.807, 2.05) is 0 Å². The van der Waals surface area contributed by atoms with Crippen LogP contribution >= 0.6 is 0 Å². The molecule has 0 radical (unpaired) electrons. The summed E-state index contributed by atoms with van der Waals surface area (Å²) in [5.74, 6) is 0. The molecule has 0 fully saturated rings. The number of hydrogen-bond acceptors (Lipinski definition) is 1. The Morgan fingerprint density at radius 1 is 0.305 bits per heavy atom. The van der Waals surface area contributed by atoms with E-state index in [-0.39, 0.29) is 43.3 Å². The molecule has 0 saturated carbocycles. The third-order valence-electron chi connectivity index (χ3n) is 12.0. The van der Waals surface area contributed by atoms with E-state index < -0.39 is 18.1 Å². The largest absolute Gasteiger partial charge is 0.446 e. The van der Waals surface area contributed by atoms with Gasteiger partial charge < -0.3 is 4.12 Å². The lowest BCUT2D eigenvalue weighted by Gasteiger charge is -2.35. The van der Waals surface area contributed by atoms with Crippen LogP contribution in [0.4, 0.5) is 0 Å². The molecule has 0 bridgehead atoms. The smallest absolute Gasteiger partial charge is 0.228 e. The summed E-state index contributed by atoms with van der Waals surface area (Å²) in [4.78, 5) is 0. The van der Waals surface area contributed by atoms with Gasteiger partial charge in [-0.2, -0.15) is 0 Å². The third kappa shape index (κ3) is 14.2. The Bertz CT molecular complexity index is 1710. The summed E-state index contributed by atoms with van der Waals surface area (Å²) in [7, 11) is -4.55. The zero-order valence-electron chi connectivity index (χ0n) is 41.6.